The first-order valence-electron chi connectivity index (χ1n) is 5.61. The second-order valence-electron chi connectivity index (χ2n) is 4.40. The van der Waals surface area contributed by atoms with Crippen LogP contribution >= 0.6 is 0 Å². The fourth-order valence-electron chi connectivity index (χ4n) is 2.11. The highest BCUT2D eigenvalue weighted by Crippen LogP contribution is 2.33. The van der Waals surface area contributed by atoms with Crippen LogP contribution in [0.5, 0.6) is 0 Å². The average Bonchev–Trinajstić information content (AvgIpc) is 2.64. The highest BCUT2D eigenvalue weighted by atomic mass is 16.6. The molecule has 3 amide bonds. The molecule has 0 bridgehead atoms. The van der Waals surface area contributed by atoms with Gasteiger partial charge in [0.25, 0.3) is 0 Å². The van der Waals surface area contributed by atoms with Gasteiger partial charge in [0.15, 0.2) is 6.23 Å². The Balaban J connectivity index is 2.21. The van der Waals surface area contributed by atoms with Gasteiger partial charge in [-0.15, -0.1) is 0 Å². The Morgan fingerprint density at radius 1 is 1.53 bits per heavy atom. The molecule has 0 radical (unpaired) electrons. The lowest BCUT2D eigenvalue weighted by Gasteiger charge is -2.33. The quantitative estimate of drug-likeness (QED) is 0.426. The Morgan fingerprint density at radius 3 is 2.68 bits per heavy atom. The van der Waals surface area contributed by atoms with E-state index in [0.717, 1.165) is 4.90 Å². The fourth-order valence-corrected chi connectivity index (χ4v) is 2.11. The van der Waals surface area contributed by atoms with Crippen molar-refractivity contribution in [2.45, 2.75) is 30.5 Å². The fraction of sp³-hybridized carbons (Fsp3) is 0.700. The number of aliphatic hydroxyl groups is 3. The van der Waals surface area contributed by atoms with Gasteiger partial charge in [-0.3, -0.25) is 15.0 Å². The van der Waals surface area contributed by atoms with Gasteiger partial charge in [0.1, 0.15) is 18.3 Å². The summed E-state index contributed by atoms with van der Waals surface area (Å²) in [7, 11) is 0. The first-order chi connectivity index (χ1) is 8.95. The van der Waals surface area contributed by atoms with Gasteiger partial charge in [-0.05, 0) is 0 Å². The number of ether oxygens (including phenoxy) is 1. The lowest BCUT2D eigenvalue weighted by molar-refractivity contribution is -0.129. The van der Waals surface area contributed by atoms with Crippen LogP contribution in [0.3, 0.4) is 0 Å². The number of amides is 3. The molecule has 0 aromatic carbocycles. The standard InChI is InChI=1S/C10H13N3O6/c11-3-10(4-14)7(17)6(16)8(19-10)13-2-1-5(15)12-9(13)18/h6-8,14,16-17H,1-2,4H2,(H,12,15,18)/t6-,7+,8-,10-/m1/s1. The van der Waals surface area contributed by atoms with Gasteiger partial charge in [0.2, 0.25) is 11.5 Å². The van der Waals surface area contributed by atoms with Crippen LogP contribution in [0.15, 0.2) is 0 Å². The molecule has 0 spiro atoms. The molecule has 19 heavy (non-hydrogen) atoms. The molecule has 0 aliphatic carbocycles. The Kier molecular flexibility index (Phi) is 3.42. The third kappa shape index (κ3) is 2.04. The van der Waals surface area contributed by atoms with E-state index in [4.69, 9.17) is 15.1 Å². The third-order valence-corrected chi connectivity index (χ3v) is 3.24. The van der Waals surface area contributed by atoms with Crippen molar-refractivity contribution < 1.29 is 29.6 Å². The van der Waals surface area contributed by atoms with Gasteiger partial charge in [-0.25, -0.2) is 4.79 Å². The first kappa shape index (κ1) is 13.7. The molecule has 2 heterocycles. The summed E-state index contributed by atoms with van der Waals surface area (Å²) in [6, 6.07) is 0.814. The van der Waals surface area contributed by atoms with Gasteiger partial charge in [0.05, 0.1) is 6.61 Å². The summed E-state index contributed by atoms with van der Waals surface area (Å²) in [4.78, 5) is 23.6. The number of nitriles is 1. The smallest absolute Gasteiger partial charge is 0.326 e. The molecule has 2 aliphatic rings. The van der Waals surface area contributed by atoms with E-state index in [1.54, 1.807) is 6.07 Å². The minimum atomic E-state index is -1.98. The van der Waals surface area contributed by atoms with Gasteiger partial charge in [-0.1, -0.05) is 0 Å². The molecule has 2 fully saturated rings. The molecule has 4 atom stereocenters. The summed E-state index contributed by atoms with van der Waals surface area (Å²) in [6.07, 6.45) is -4.48. The number of hydrogen-bond acceptors (Lipinski definition) is 7. The number of nitrogens with one attached hydrogen (secondary N) is 1. The molecular weight excluding hydrogens is 258 g/mol. The van der Waals surface area contributed by atoms with Gasteiger partial charge >= 0.3 is 6.03 Å². The second-order valence-corrected chi connectivity index (χ2v) is 4.40. The molecule has 9 heteroatoms. The van der Waals surface area contributed by atoms with Crippen LogP contribution in [0.25, 0.3) is 0 Å². The van der Waals surface area contributed by atoms with Crippen molar-refractivity contribution in [2.75, 3.05) is 13.2 Å². The molecule has 0 aromatic rings. The van der Waals surface area contributed by atoms with Crippen molar-refractivity contribution in [3.05, 3.63) is 0 Å². The molecule has 104 valence electrons. The molecule has 0 aromatic heterocycles. The number of carbonyl (C=O) groups is 2. The normalized spacial score (nSPS) is 39.1. The average molecular weight is 271 g/mol. The van der Waals surface area contributed by atoms with E-state index in [1.807, 2.05) is 5.32 Å². The number of carbonyl (C=O) groups excluding carboxylic acids is 2. The molecule has 2 saturated heterocycles. The third-order valence-electron chi connectivity index (χ3n) is 3.24. The SMILES string of the molecule is N#C[C@]1(CO)O[C@@H](N2CCC(=O)NC2=O)[C@H](O)[C@@H]1O. The van der Waals surface area contributed by atoms with Crippen molar-refractivity contribution in [3.63, 3.8) is 0 Å². The van der Waals surface area contributed by atoms with Crippen molar-refractivity contribution in [3.8, 4) is 6.07 Å². The number of hydrogen-bond donors (Lipinski definition) is 4. The summed E-state index contributed by atoms with van der Waals surface area (Å²) < 4.78 is 5.16. The van der Waals surface area contributed by atoms with E-state index in [1.165, 1.54) is 0 Å². The van der Waals surface area contributed by atoms with E-state index < -0.39 is 42.6 Å². The lowest BCUT2D eigenvalue weighted by atomic mass is 9.98. The zero-order valence-electron chi connectivity index (χ0n) is 9.81. The summed E-state index contributed by atoms with van der Waals surface area (Å²) >= 11 is 0. The van der Waals surface area contributed by atoms with Crippen LogP contribution in [0.4, 0.5) is 4.79 Å². The van der Waals surface area contributed by atoms with Gasteiger partial charge < -0.3 is 20.1 Å². The molecular formula is C10H13N3O6. The molecule has 0 unspecified atom stereocenters. The number of rotatable bonds is 2. The van der Waals surface area contributed by atoms with Crippen LogP contribution in [0.1, 0.15) is 6.42 Å². The van der Waals surface area contributed by atoms with Crippen molar-refractivity contribution >= 4 is 11.9 Å². The predicted molar refractivity (Wildman–Crippen MR) is 57.2 cm³/mol. The Hall–Kier alpha value is -1.73. The topological polar surface area (TPSA) is 143 Å². The predicted octanol–water partition coefficient (Wildman–Crippen LogP) is -2.74. The maximum absolute atomic E-state index is 11.6. The summed E-state index contributed by atoms with van der Waals surface area (Å²) in [6.45, 7) is -0.835. The van der Waals surface area contributed by atoms with E-state index in [-0.39, 0.29) is 13.0 Å². The lowest BCUT2D eigenvalue weighted by Crippen LogP contribution is -2.56. The maximum atomic E-state index is 11.6. The monoisotopic (exact) mass is 271 g/mol. The van der Waals surface area contributed by atoms with E-state index in [9.17, 15) is 19.8 Å². The number of aliphatic hydroxyl groups excluding tert-OH is 3. The first-order valence-corrected chi connectivity index (χ1v) is 5.61. The van der Waals surface area contributed by atoms with Crippen molar-refractivity contribution in [1.82, 2.24) is 10.2 Å². The Labute approximate surface area is 108 Å². The highest BCUT2D eigenvalue weighted by molar-refractivity contribution is 5.96. The van der Waals surface area contributed by atoms with E-state index in [2.05, 4.69) is 0 Å². The summed E-state index contributed by atoms with van der Waals surface area (Å²) in [5.74, 6) is -0.456. The van der Waals surface area contributed by atoms with Crippen LogP contribution in [-0.4, -0.2) is 69.3 Å². The maximum Gasteiger partial charge on any atom is 0.326 e. The van der Waals surface area contributed by atoms with Crippen LogP contribution in [-0.2, 0) is 9.53 Å². The molecule has 9 nitrogen and oxygen atoms in total. The molecule has 4 N–H and O–H groups in total. The van der Waals surface area contributed by atoms with Crippen LogP contribution in [0, 0.1) is 11.3 Å². The van der Waals surface area contributed by atoms with E-state index in [0.29, 0.717) is 0 Å². The van der Waals surface area contributed by atoms with Crippen molar-refractivity contribution in [1.29, 1.82) is 5.26 Å². The minimum Gasteiger partial charge on any atom is -0.392 e. The number of nitrogens with zero attached hydrogens (tertiary/aromatic N) is 2. The molecule has 0 saturated carbocycles. The highest BCUT2D eigenvalue weighted by Gasteiger charge is 2.57. The van der Waals surface area contributed by atoms with Gasteiger partial charge in [0, 0.05) is 13.0 Å². The number of urea groups is 1. The zero-order chi connectivity index (χ0) is 14.2. The van der Waals surface area contributed by atoms with Crippen LogP contribution in [0.2, 0.25) is 0 Å². The summed E-state index contributed by atoms with van der Waals surface area (Å²) in [5, 5.41) is 39.7. The largest absolute Gasteiger partial charge is 0.392 e. The molecule has 2 rings (SSSR count). The van der Waals surface area contributed by atoms with Crippen molar-refractivity contribution in [2.24, 2.45) is 0 Å². The minimum absolute atomic E-state index is 0.00789. The second kappa shape index (κ2) is 4.75. The van der Waals surface area contributed by atoms with Crippen LogP contribution < -0.4 is 5.32 Å². The number of imide groups is 1. The Bertz CT molecular complexity index is 449. The zero-order valence-corrected chi connectivity index (χ0v) is 9.81. The Morgan fingerprint density at radius 2 is 2.21 bits per heavy atom. The van der Waals surface area contributed by atoms with E-state index >= 15 is 0 Å². The molecule has 2 aliphatic heterocycles. The summed E-state index contributed by atoms with van der Waals surface area (Å²) in [5.41, 5.74) is -1.98. The van der Waals surface area contributed by atoms with Gasteiger partial charge in [-0.2, -0.15) is 5.26 Å².